The second-order valence-electron chi connectivity index (χ2n) is 8.20. The molecule has 0 atom stereocenters. The summed E-state index contributed by atoms with van der Waals surface area (Å²) in [5.41, 5.74) is 2.17. The number of sulfonamides is 1. The first-order valence-electron chi connectivity index (χ1n) is 11.3. The van der Waals surface area contributed by atoms with E-state index >= 15 is 0 Å². The molecule has 4 rings (SSSR count). The number of aryl methyl sites for hydroxylation is 2. The Kier molecular flexibility index (Phi) is 7.70. The van der Waals surface area contributed by atoms with Gasteiger partial charge in [0.1, 0.15) is 11.5 Å². The number of para-hydroxylation sites is 1. The molecule has 35 heavy (non-hydrogen) atoms. The zero-order chi connectivity index (χ0) is 24.8. The summed E-state index contributed by atoms with van der Waals surface area (Å²) in [6, 6.07) is 19.2. The summed E-state index contributed by atoms with van der Waals surface area (Å²) in [6.07, 6.45) is 0. The first-order chi connectivity index (χ1) is 16.8. The molecule has 8 nitrogen and oxygen atoms in total. The fraction of sp³-hybridized carbons (Fsp3) is 0.269. The predicted molar refractivity (Wildman–Crippen MR) is 133 cm³/mol. The maximum absolute atomic E-state index is 13.2. The minimum absolute atomic E-state index is 0.0607. The quantitative estimate of drug-likeness (QED) is 0.504. The molecule has 0 spiro atoms. The standard InChI is InChI=1S/C26H28N2O6S/c1-19-8-9-20(2)25(16-19)33-18-26(29)27-23-17-22(35(30,31)28-12-14-32-15-13-28)10-11-24(23)34-21-6-4-3-5-7-21/h3-11,16-17H,12-15,18H2,1-2H3,(H,27,29). The molecule has 9 heteroatoms. The normalized spacial score (nSPS) is 14.3. The highest BCUT2D eigenvalue weighted by Gasteiger charge is 2.27. The number of rotatable bonds is 8. The third-order valence-electron chi connectivity index (χ3n) is 5.51. The molecule has 3 aromatic rings. The number of anilines is 1. The van der Waals surface area contributed by atoms with Gasteiger partial charge in [0.05, 0.1) is 23.8 Å². The predicted octanol–water partition coefficient (Wildman–Crippen LogP) is 4.13. The Balaban J connectivity index is 1.58. The molecule has 184 valence electrons. The van der Waals surface area contributed by atoms with Crippen molar-refractivity contribution in [3.63, 3.8) is 0 Å². The minimum atomic E-state index is -3.76. The zero-order valence-corrected chi connectivity index (χ0v) is 20.5. The van der Waals surface area contributed by atoms with Gasteiger partial charge in [-0.25, -0.2) is 8.42 Å². The Morgan fingerprint density at radius 3 is 2.46 bits per heavy atom. The molecule has 0 bridgehead atoms. The van der Waals surface area contributed by atoms with Gasteiger partial charge < -0.3 is 19.5 Å². The summed E-state index contributed by atoms with van der Waals surface area (Å²) in [5.74, 6) is 1.05. The summed E-state index contributed by atoms with van der Waals surface area (Å²) in [7, 11) is -3.76. The van der Waals surface area contributed by atoms with Crippen LogP contribution in [0.1, 0.15) is 11.1 Å². The van der Waals surface area contributed by atoms with E-state index in [4.69, 9.17) is 14.2 Å². The maximum atomic E-state index is 13.2. The van der Waals surface area contributed by atoms with E-state index < -0.39 is 15.9 Å². The Morgan fingerprint density at radius 1 is 0.971 bits per heavy atom. The summed E-state index contributed by atoms with van der Waals surface area (Å²) in [5, 5.41) is 2.75. The van der Waals surface area contributed by atoms with Crippen molar-refractivity contribution in [1.82, 2.24) is 4.31 Å². The van der Waals surface area contributed by atoms with Crippen LogP contribution in [0.3, 0.4) is 0 Å². The molecule has 1 aliphatic rings. The number of benzene rings is 3. The molecule has 0 aromatic heterocycles. The van der Waals surface area contributed by atoms with Crippen LogP contribution < -0.4 is 14.8 Å². The lowest BCUT2D eigenvalue weighted by Gasteiger charge is -2.26. The third kappa shape index (κ3) is 6.19. The molecular formula is C26H28N2O6S. The number of hydrogen-bond donors (Lipinski definition) is 1. The minimum Gasteiger partial charge on any atom is -0.483 e. The summed E-state index contributed by atoms with van der Waals surface area (Å²) in [6.45, 7) is 4.83. The van der Waals surface area contributed by atoms with Crippen LogP contribution in [0.15, 0.2) is 71.6 Å². The van der Waals surface area contributed by atoms with Crippen LogP contribution in [0.5, 0.6) is 17.2 Å². The molecule has 1 aliphatic heterocycles. The van der Waals surface area contributed by atoms with Crippen LogP contribution in [0.25, 0.3) is 0 Å². The lowest BCUT2D eigenvalue weighted by atomic mass is 10.1. The van der Waals surface area contributed by atoms with Gasteiger partial charge >= 0.3 is 0 Å². The van der Waals surface area contributed by atoms with Crippen LogP contribution in [-0.4, -0.2) is 51.5 Å². The Morgan fingerprint density at radius 2 is 1.71 bits per heavy atom. The first-order valence-corrected chi connectivity index (χ1v) is 12.7. The van der Waals surface area contributed by atoms with Gasteiger partial charge in [-0.15, -0.1) is 0 Å². The average Bonchev–Trinajstić information content (AvgIpc) is 2.86. The number of morpholine rings is 1. The summed E-state index contributed by atoms with van der Waals surface area (Å²) < 4.78 is 44.6. The van der Waals surface area contributed by atoms with Crippen molar-refractivity contribution in [2.24, 2.45) is 0 Å². The van der Waals surface area contributed by atoms with Gasteiger partial charge in [-0.3, -0.25) is 4.79 Å². The second kappa shape index (κ2) is 10.9. The smallest absolute Gasteiger partial charge is 0.262 e. The fourth-order valence-corrected chi connectivity index (χ4v) is 5.03. The maximum Gasteiger partial charge on any atom is 0.262 e. The van der Waals surface area contributed by atoms with E-state index in [1.54, 1.807) is 18.2 Å². The van der Waals surface area contributed by atoms with Crippen LogP contribution in [0, 0.1) is 13.8 Å². The molecule has 1 fully saturated rings. The van der Waals surface area contributed by atoms with Crippen LogP contribution in [-0.2, 0) is 19.6 Å². The zero-order valence-electron chi connectivity index (χ0n) is 19.7. The molecule has 1 N–H and O–H groups in total. The highest BCUT2D eigenvalue weighted by atomic mass is 32.2. The number of nitrogens with one attached hydrogen (secondary N) is 1. The van der Waals surface area contributed by atoms with E-state index in [1.807, 2.05) is 50.2 Å². The highest BCUT2D eigenvalue weighted by molar-refractivity contribution is 7.89. The molecule has 1 amide bonds. The summed E-state index contributed by atoms with van der Waals surface area (Å²) >= 11 is 0. The second-order valence-corrected chi connectivity index (χ2v) is 10.1. The van der Waals surface area contributed by atoms with E-state index in [0.717, 1.165) is 11.1 Å². The number of ether oxygens (including phenoxy) is 3. The van der Waals surface area contributed by atoms with E-state index in [2.05, 4.69) is 5.32 Å². The van der Waals surface area contributed by atoms with Crippen molar-refractivity contribution in [3.05, 3.63) is 77.9 Å². The lowest BCUT2D eigenvalue weighted by molar-refractivity contribution is -0.118. The van der Waals surface area contributed by atoms with Crippen LogP contribution >= 0.6 is 0 Å². The van der Waals surface area contributed by atoms with Gasteiger partial charge in [-0.1, -0.05) is 30.3 Å². The van der Waals surface area contributed by atoms with E-state index in [-0.39, 0.29) is 30.3 Å². The van der Waals surface area contributed by atoms with Crippen LogP contribution in [0.4, 0.5) is 5.69 Å². The molecular weight excluding hydrogens is 468 g/mol. The first kappa shape index (κ1) is 24.7. The van der Waals surface area contributed by atoms with Crippen molar-refractivity contribution in [3.8, 4) is 17.2 Å². The number of amides is 1. The number of carbonyl (C=O) groups excluding carboxylic acids is 1. The van der Waals surface area contributed by atoms with Crippen molar-refractivity contribution in [2.45, 2.75) is 18.7 Å². The van der Waals surface area contributed by atoms with Crippen LogP contribution in [0.2, 0.25) is 0 Å². The van der Waals surface area contributed by atoms with Crippen molar-refractivity contribution < 1.29 is 27.4 Å². The van der Waals surface area contributed by atoms with Gasteiger partial charge in [0.15, 0.2) is 12.4 Å². The van der Waals surface area contributed by atoms with E-state index in [1.165, 1.54) is 16.4 Å². The van der Waals surface area contributed by atoms with E-state index in [9.17, 15) is 13.2 Å². The van der Waals surface area contributed by atoms with Gasteiger partial charge in [0.2, 0.25) is 10.0 Å². The molecule has 0 saturated carbocycles. The Hall–Kier alpha value is -3.40. The average molecular weight is 497 g/mol. The van der Waals surface area contributed by atoms with Crippen molar-refractivity contribution in [2.75, 3.05) is 38.2 Å². The summed E-state index contributed by atoms with van der Waals surface area (Å²) in [4.78, 5) is 12.8. The molecule has 0 aliphatic carbocycles. The molecule has 0 unspecified atom stereocenters. The van der Waals surface area contributed by atoms with E-state index in [0.29, 0.717) is 30.5 Å². The SMILES string of the molecule is Cc1ccc(C)c(OCC(=O)Nc2cc(S(=O)(=O)N3CCOCC3)ccc2Oc2ccccc2)c1. The fourth-order valence-electron chi connectivity index (χ4n) is 3.60. The topological polar surface area (TPSA) is 94.2 Å². The molecule has 0 radical (unpaired) electrons. The highest BCUT2D eigenvalue weighted by Crippen LogP contribution is 2.33. The third-order valence-corrected chi connectivity index (χ3v) is 7.40. The monoisotopic (exact) mass is 496 g/mol. The van der Waals surface area contributed by atoms with Gasteiger partial charge in [-0.2, -0.15) is 4.31 Å². The van der Waals surface area contributed by atoms with Gasteiger partial charge in [0, 0.05) is 13.1 Å². The number of carbonyl (C=O) groups is 1. The molecule has 1 saturated heterocycles. The lowest BCUT2D eigenvalue weighted by Crippen LogP contribution is -2.40. The Labute approximate surface area is 205 Å². The van der Waals surface area contributed by atoms with Gasteiger partial charge in [-0.05, 0) is 61.4 Å². The number of hydrogen-bond acceptors (Lipinski definition) is 6. The van der Waals surface area contributed by atoms with Crippen molar-refractivity contribution >= 4 is 21.6 Å². The largest absolute Gasteiger partial charge is 0.483 e. The molecule has 3 aromatic carbocycles. The van der Waals surface area contributed by atoms with Gasteiger partial charge in [0.25, 0.3) is 5.91 Å². The Bertz CT molecular complexity index is 1290. The van der Waals surface area contributed by atoms with Crippen molar-refractivity contribution in [1.29, 1.82) is 0 Å². The number of nitrogens with zero attached hydrogens (tertiary/aromatic N) is 1. The molecule has 1 heterocycles.